The van der Waals surface area contributed by atoms with E-state index in [1.165, 1.54) is 0 Å². The Hall–Kier alpha value is -3.32. The Morgan fingerprint density at radius 2 is 2.14 bits per heavy atom. The topological polar surface area (TPSA) is 143 Å². The summed E-state index contributed by atoms with van der Waals surface area (Å²) in [4.78, 5) is 28.4. The monoisotopic (exact) mass is 504 g/mol. The highest BCUT2D eigenvalue weighted by Gasteiger charge is 2.29. The molecule has 0 aromatic carbocycles. The van der Waals surface area contributed by atoms with Crippen LogP contribution in [-0.4, -0.2) is 78.8 Å². The van der Waals surface area contributed by atoms with E-state index in [2.05, 4.69) is 20.4 Å². The predicted molar refractivity (Wildman–Crippen MR) is 135 cm³/mol. The maximum atomic E-state index is 12.9. The summed E-state index contributed by atoms with van der Waals surface area (Å²) in [5.74, 6) is 0.632. The molecule has 0 fully saturated rings. The number of aliphatic imine (C=N–C) groups is 2. The molecule has 0 saturated heterocycles. The Morgan fingerprint density at radius 3 is 2.80 bits per heavy atom. The van der Waals surface area contributed by atoms with Gasteiger partial charge in [0.05, 0.1) is 24.1 Å². The van der Waals surface area contributed by atoms with E-state index in [1.54, 1.807) is 10.9 Å². The summed E-state index contributed by atoms with van der Waals surface area (Å²) in [7, 11) is -1.93. The maximum Gasteiger partial charge on any atom is 0.287 e. The van der Waals surface area contributed by atoms with Gasteiger partial charge in [-0.25, -0.2) is 23.1 Å². The van der Waals surface area contributed by atoms with Gasteiger partial charge in [-0.3, -0.25) is 9.48 Å². The maximum absolute atomic E-state index is 12.9. The molecule has 13 heteroatoms. The average molecular weight is 505 g/mol. The lowest BCUT2D eigenvalue weighted by molar-refractivity contribution is 0.0976. The van der Waals surface area contributed by atoms with Crippen LogP contribution in [0.4, 0.5) is 11.5 Å². The minimum Gasteiger partial charge on any atom is -0.382 e. The lowest BCUT2D eigenvalue weighted by atomic mass is 10.2. The van der Waals surface area contributed by atoms with Gasteiger partial charge in [-0.1, -0.05) is 0 Å². The molecular formula is C22H32N8O4S. The zero-order chi connectivity index (χ0) is 25.6. The van der Waals surface area contributed by atoms with Crippen LogP contribution in [-0.2, 0) is 27.7 Å². The largest absolute Gasteiger partial charge is 0.382 e. The number of amides is 1. The number of hydrogen-bond donors (Lipinski definition) is 2. The number of amidine groups is 1. The van der Waals surface area contributed by atoms with Crippen molar-refractivity contribution in [1.82, 2.24) is 24.4 Å². The zero-order valence-corrected chi connectivity index (χ0v) is 21.5. The van der Waals surface area contributed by atoms with Crippen molar-refractivity contribution in [3.8, 4) is 0 Å². The second-order valence-electron chi connectivity index (χ2n) is 8.12. The molecule has 2 aromatic rings. The molecule has 2 aromatic heterocycles. The quantitative estimate of drug-likeness (QED) is 0.491. The molecule has 1 amide bonds. The number of nitrogens with one attached hydrogen (secondary N) is 2. The molecule has 0 atom stereocenters. The molecule has 0 spiro atoms. The third-order valence-corrected chi connectivity index (χ3v) is 5.75. The van der Waals surface area contributed by atoms with Crippen molar-refractivity contribution in [1.29, 1.82) is 0 Å². The van der Waals surface area contributed by atoms with Crippen LogP contribution >= 0.6 is 0 Å². The van der Waals surface area contributed by atoms with Crippen LogP contribution in [0.5, 0.6) is 0 Å². The molecule has 1 aliphatic rings. The Bertz CT molecular complexity index is 1240. The number of anilines is 1. The first-order chi connectivity index (χ1) is 16.6. The number of rotatable bonds is 9. The summed E-state index contributed by atoms with van der Waals surface area (Å²) in [5.41, 5.74) is 2.04. The molecule has 1 aliphatic heterocycles. The molecule has 190 valence electrons. The van der Waals surface area contributed by atoms with E-state index in [-0.39, 0.29) is 12.1 Å². The van der Waals surface area contributed by atoms with Crippen molar-refractivity contribution in [2.24, 2.45) is 9.98 Å². The number of fused-ring (bicyclic) bond motifs is 1. The molecule has 0 radical (unpaired) electrons. The van der Waals surface area contributed by atoms with Gasteiger partial charge in [-0.2, -0.15) is 10.1 Å². The summed E-state index contributed by atoms with van der Waals surface area (Å²) < 4.78 is 32.6. The van der Waals surface area contributed by atoms with E-state index in [0.29, 0.717) is 61.7 Å². The van der Waals surface area contributed by atoms with E-state index in [1.807, 2.05) is 49.6 Å². The number of hydrogen-bond acceptors (Lipinski definition) is 9. The fraction of sp³-hybridized carbons (Fsp3) is 0.500. The van der Waals surface area contributed by atoms with Crippen LogP contribution in [0.2, 0.25) is 0 Å². The number of carbonyl (C=O) groups excluding carboxylic acids is 1. The van der Waals surface area contributed by atoms with E-state index in [9.17, 15) is 13.2 Å². The predicted octanol–water partition coefficient (Wildman–Crippen LogP) is 1.71. The van der Waals surface area contributed by atoms with E-state index < -0.39 is 15.9 Å². The standard InChI is InChI=1S/C22H32N8O4S/c1-6-29(4)22-25-18(24-17-13-15(3)9-10-23-17)14-16-19(26-22)20(21(31)28-35(5,32)33)27-30(16)11-8-12-34-7-2/h9-10,13H,6-8,11-12,14H2,1-5H3,(H,28,31)(H,23,24,25,26). The highest BCUT2D eigenvalue weighted by Crippen LogP contribution is 2.26. The van der Waals surface area contributed by atoms with Crippen molar-refractivity contribution in [2.75, 3.05) is 38.4 Å². The van der Waals surface area contributed by atoms with Crippen LogP contribution in [0.1, 0.15) is 42.0 Å². The van der Waals surface area contributed by atoms with E-state index in [0.717, 1.165) is 11.8 Å². The van der Waals surface area contributed by atoms with Gasteiger partial charge in [0.2, 0.25) is 16.0 Å². The third-order valence-electron chi connectivity index (χ3n) is 5.19. The minimum absolute atomic E-state index is 0.0334. The second kappa shape index (κ2) is 11.4. The minimum atomic E-state index is -3.78. The van der Waals surface area contributed by atoms with Gasteiger partial charge in [-0.15, -0.1) is 0 Å². The summed E-state index contributed by atoms with van der Waals surface area (Å²) in [6.45, 7) is 8.05. The Morgan fingerprint density at radius 1 is 1.37 bits per heavy atom. The van der Waals surface area contributed by atoms with E-state index in [4.69, 9.17) is 9.73 Å². The van der Waals surface area contributed by atoms with Crippen LogP contribution in [0.3, 0.4) is 0 Å². The number of aromatic nitrogens is 3. The number of sulfonamides is 1. The van der Waals surface area contributed by atoms with Gasteiger partial charge in [0, 0.05) is 39.5 Å². The summed E-state index contributed by atoms with van der Waals surface area (Å²) >= 11 is 0. The number of aryl methyl sites for hydroxylation is 2. The first-order valence-corrected chi connectivity index (χ1v) is 13.3. The van der Waals surface area contributed by atoms with Gasteiger partial charge in [0.1, 0.15) is 5.84 Å². The van der Waals surface area contributed by atoms with Crippen molar-refractivity contribution in [3.63, 3.8) is 0 Å². The Labute approximate surface area is 205 Å². The SMILES string of the molecule is CCOCCCn1nc(C(=O)NS(C)(=O)=O)c2c1CC(=Nc1cc(C)ccn1)N=C(N(C)CC)N2. The van der Waals surface area contributed by atoms with Crippen molar-refractivity contribution < 1.29 is 17.9 Å². The Kier molecular flexibility index (Phi) is 8.57. The molecule has 35 heavy (non-hydrogen) atoms. The summed E-state index contributed by atoms with van der Waals surface area (Å²) in [5, 5.41) is 7.67. The van der Waals surface area contributed by atoms with Crippen LogP contribution < -0.4 is 10.0 Å². The highest BCUT2D eigenvalue weighted by molar-refractivity contribution is 7.89. The molecule has 0 saturated carbocycles. The summed E-state index contributed by atoms with van der Waals surface area (Å²) in [6.07, 6.45) is 3.52. The molecule has 2 N–H and O–H groups in total. The van der Waals surface area contributed by atoms with Gasteiger partial charge < -0.3 is 15.0 Å². The number of ether oxygens (including phenoxy) is 1. The second-order valence-corrected chi connectivity index (χ2v) is 9.87. The smallest absolute Gasteiger partial charge is 0.287 e. The van der Waals surface area contributed by atoms with E-state index >= 15 is 0 Å². The van der Waals surface area contributed by atoms with Crippen LogP contribution in [0.15, 0.2) is 28.3 Å². The first-order valence-electron chi connectivity index (χ1n) is 11.4. The highest BCUT2D eigenvalue weighted by atomic mass is 32.2. The fourth-order valence-electron chi connectivity index (χ4n) is 3.39. The van der Waals surface area contributed by atoms with Crippen molar-refractivity contribution in [3.05, 3.63) is 35.3 Å². The average Bonchev–Trinajstić information content (AvgIpc) is 2.99. The van der Waals surface area contributed by atoms with Gasteiger partial charge in [-0.05, 0) is 44.9 Å². The molecule has 0 unspecified atom stereocenters. The molecule has 12 nitrogen and oxygen atoms in total. The fourth-order valence-corrected chi connectivity index (χ4v) is 3.82. The third kappa shape index (κ3) is 7.09. The number of pyridine rings is 1. The van der Waals surface area contributed by atoms with Crippen LogP contribution in [0, 0.1) is 6.92 Å². The van der Waals surface area contributed by atoms with Gasteiger partial charge in [0.15, 0.2) is 11.5 Å². The number of carbonyl (C=O) groups is 1. The molecule has 0 aliphatic carbocycles. The van der Waals surface area contributed by atoms with Crippen molar-refractivity contribution >= 4 is 39.2 Å². The Balaban J connectivity index is 2.10. The van der Waals surface area contributed by atoms with Gasteiger partial charge in [0.25, 0.3) is 5.91 Å². The normalized spacial score (nSPS) is 14.7. The zero-order valence-electron chi connectivity index (χ0n) is 20.7. The lowest BCUT2D eigenvalue weighted by Gasteiger charge is -2.19. The molecule has 3 heterocycles. The lowest BCUT2D eigenvalue weighted by Crippen LogP contribution is -2.34. The number of nitrogens with zero attached hydrogens (tertiary/aromatic N) is 6. The molecule has 3 rings (SSSR count). The van der Waals surface area contributed by atoms with Crippen molar-refractivity contribution in [2.45, 2.75) is 40.2 Å². The molecular weight excluding hydrogens is 472 g/mol. The van der Waals surface area contributed by atoms with Gasteiger partial charge >= 0.3 is 0 Å². The number of guanidine groups is 1. The first kappa shape index (κ1) is 26.3. The molecule has 0 bridgehead atoms. The van der Waals surface area contributed by atoms with Crippen LogP contribution in [0.25, 0.3) is 0 Å². The summed E-state index contributed by atoms with van der Waals surface area (Å²) in [6, 6.07) is 3.74.